The second-order valence-electron chi connectivity index (χ2n) is 4.17. The van der Waals surface area contributed by atoms with Crippen LogP contribution in [0.4, 0.5) is 4.39 Å². The first-order chi connectivity index (χ1) is 8.61. The second-order valence-corrected chi connectivity index (χ2v) is 5.83. The zero-order valence-electron chi connectivity index (χ0n) is 9.91. The molecule has 1 heterocycles. The molecule has 2 rings (SSSR count). The van der Waals surface area contributed by atoms with Crippen molar-refractivity contribution in [1.29, 1.82) is 0 Å². The highest BCUT2D eigenvalue weighted by atomic mass is 79.9. The van der Waals surface area contributed by atoms with Crippen molar-refractivity contribution in [3.05, 3.63) is 55.9 Å². The van der Waals surface area contributed by atoms with Crippen LogP contribution in [0.25, 0.3) is 0 Å². The Labute approximate surface area is 118 Å². The lowest BCUT2D eigenvalue weighted by Gasteiger charge is -2.16. The molecule has 0 aliphatic rings. The van der Waals surface area contributed by atoms with E-state index in [4.69, 9.17) is 5.84 Å². The van der Waals surface area contributed by atoms with Crippen LogP contribution < -0.4 is 11.3 Å². The summed E-state index contributed by atoms with van der Waals surface area (Å²) in [5.41, 5.74) is 5.72. The minimum atomic E-state index is -0.202. The van der Waals surface area contributed by atoms with E-state index >= 15 is 0 Å². The summed E-state index contributed by atoms with van der Waals surface area (Å²) in [6.45, 7) is 2.04. The Hall–Kier alpha value is -0.750. The topological polar surface area (TPSA) is 38.0 Å². The van der Waals surface area contributed by atoms with Gasteiger partial charge in [0.1, 0.15) is 5.82 Å². The Bertz CT molecular complexity index is 542. The van der Waals surface area contributed by atoms with E-state index in [9.17, 15) is 4.39 Å². The molecular weight excluding hydrogens is 315 g/mol. The van der Waals surface area contributed by atoms with Gasteiger partial charge in [-0.15, -0.1) is 0 Å². The molecule has 0 amide bonds. The maximum absolute atomic E-state index is 13.7. The highest BCUT2D eigenvalue weighted by molar-refractivity contribution is 9.10. The fourth-order valence-corrected chi connectivity index (χ4v) is 3.22. The fourth-order valence-electron chi connectivity index (χ4n) is 1.91. The molecule has 2 nitrogen and oxygen atoms in total. The van der Waals surface area contributed by atoms with Crippen molar-refractivity contribution in [1.82, 2.24) is 5.43 Å². The number of thiophene rings is 1. The molecule has 0 aliphatic carbocycles. The summed E-state index contributed by atoms with van der Waals surface area (Å²) in [5, 5.41) is 4.12. The van der Waals surface area contributed by atoms with Crippen LogP contribution >= 0.6 is 27.3 Å². The Kier molecular flexibility index (Phi) is 4.50. The number of aryl methyl sites for hydroxylation is 1. The summed E-state index contributed by atoms with van der Waals surface area (Å²) in [5.74, 6) is 5.39. The fraction of sp³-hybridized carbons (Fsp3) is 0.231. The normalized spacial score (nSPS) is 12.7. The SMILES string of the molecule is Cc1cscc1C(Cc1cc(Br)ccc1F)NN. The van der Waals surface area contributed by atoms with Gasteiger partial charge in [0.25, 0.3) is 0 Å². The molecule has 0 fully saturated rings. The smallest absolute Gasteiger partial charge is 0.126 e. The first kappa shape index (κ1) is 13.7. The van der Waals surface area contributed by atoms with Gasteiger partial charge in [-0.1, -0.05) is 15.9 Å². The maximum Gasteiger partial charge on any atom is 0.126 e. The average molecular weight is 329 g/mol. The molecule has 3 N–H and O–H groups in total. The van der Waals surface area contributed by atoms with E-state index in [0.29, 0.717) is 12.0 Å². The summed E-state index contributed by atoms with van der Waals surface area (Å²) in [6.07, 6.45) is 0.527. The highest BCUT2D eigenvalue weighted by Gasteiger charge is 2.16. The third-order valence-electron chi connectivity index (χ3n) is 2.90. The zero-order chi connectivity index (χ0) is 13.1. The van der Waals surface area contributed by atoms with E-state index in [0.717, 1.165) is 10.0 Å². The molecular formula is C13H14BrFN2S. The van der Waals surface area contributed by atoms with Gasteiger partial charge in [-0.3, -0.25) is 11.3 Å². The molecule has 0 spiro atoms. The van der Waals surface area contributed by atoms with Crippen LogP contribution in [0.1, 0.15) is 22.7 Å². The van der Waals surface area contributed by atoms with Crippen LogP contribution in [0.15, 0.2) is 33.4 Å². The molecule has 1 aromatic carbocycles. The van der Waals surface area contributed by atoms with Gasteiger partial charge in [-0.25, -0.2) is 4.39 Å². The van der Waals surface area contributed by atoms with E-state index in [1.807, 2.05) is 6.92 Å². The Morgan fingerprint density at radius 3 is 2.83 bits per heavy atom. The van der Waals surface area contributed by atoms with Crippen LogP contribution in [-0.4, -0.2) is 0 Å². The van der Waals surface area contributed by atoms with Gasteiger partial charge < -0.3 is 0 Å². The minimum Gasteiger partial charge on any atom is -0.271 e. The van der Waals surface area contributed by atoms with Crippen molar-refractivity contribution in [2.75, 3.05) is 0 Å². The van der Waals surface area contributed by atoms with Crippen molar-refractivity contribution in [3.63, 3.8) is 0 Å². The van der Waals surface area contributed by atoms with Gasteiger partial charge in [0, 0.05) is 4.47 Å². The number of hydrogen-bond donors (Lipinski definition) is 2. The molecule has 0 aliphatic heterocycles. The summed E-state index contributed by atoms with van der Waals surface area (Å²) < 4.78 is 14.6. The number of halogens is 2. The van der Waals surface area contributed by atoms with Crippen LogP contribution in [-0.2, 0) is 6.42 Å². The number of benzene rings is 1. The van der Waals surface area contributed by atoms with Gasteiger partial charge in [0.2, 0.25) is 0 Å². The van der Waals surface area contributed by atoms with Gasteiger partial charge in [-0.05, 0) is 59.0 Å². The standard InChI is InChI=1S/C13H14BrFN2S/c1-8-6-18-7-11(8)13(17-16)5-9-4-10(14)2-3-12(9)15/h2-4,6-7,13,17H,5,16H2,1H3. The molecule has 1 aromatic heterocycles. The van der Waals surface area contributed by atoms with E-state index in [1.165, 1.54) is 11.6 Å². The van der Waals surface area contributed by atoms with E-state index in [2.05, 4.69) is 32.1 Å². The molecule has 96 valence electrons. The molecule has 0 saturated heterocycles. The van der Waals surface area contributed by atoms with E-state index in [-0.39, 0.29) is 11.9 Å². The number of nitrogens with two attached hydrogens (primary N) is 1. The number of hydrogen-bond acceptors (Lipinski definition) is 3. The molecule has 0 saturated carbocycles. The number of hydrazine groups is 1. The predicted molar refractivity (Wildman–Crippen MR) is 76.9 cm³/mol. The largest absolute Gasteiger partial charge is 0.271 e. The minimum absolute atomic E-state index is 0.0694. The van der Waals surface area contributed by atoms with Crippen LogP contribution in [0, 0.1) is 12.7 Å². The third kappa shape index (κ3) is 2.98. The zero-order valence-corrected chi connectivity index (χ0v) is 12.3. The van der Waals surface area contributed by atoms with Crippen molar-refractivity contribution < 1.29 is 4.39 Å². The average Bonchev–Trinajstić information content (AvgIpc) is 2.77. The molecule has 0 radical (unpaired) electrons. The van der Waals surface area contributed by atoms with E-state index < -0.39 is 0 Å². The molecule has 5 heteroatoms. The summed E-state index contributed by atoms with van der Waals surface area (Å²) in [6, 6.07) is 4.88. The lowest BCUT2D eigenvalue weighted by atomic mass is 9.99. The van der Waals surface area contributed by atoms with Gasteiger partial charge in [0.15, 0.2) is 0 Å². The van der Waals surface area contributed by atoms with Gasteiger partial charge in [0.05, 0.1) is 6.04 Å². The van der Waals surface area contributed by atoms with Gasteiger partial charge in [-0.2, -0.15) is 11.3 Å². The summed E-state index contributed by atoms with van der Waals surface area (Å²) in [4.78, 5) is 0. The predicted octanol–water partition coefficient (Wildman–Crippen LogP) is 3.71. The molecule has 2 aromatic rings. The second kappa shape index (κ2) is 5.93. The van der Waals surface area contributed by atoms with Crippen LogP contribution in [0.2, 0.25) is 0 Å². The summed E-state index contributed by atoms with van der Waals surface area (Å²) in [7, 11) is 0. The molecule has 18 heavy (non-hydrogen) atoms. The van der Waals surface area contributed by atoms with Crippen molar-refractivity contribution in [3.8, 4) is 0 Å². The molecule has 1 atom stereocenters. The Balaban J connectivity index is 2.26. The lowest BCUT2D eigenvalue weighted by molar-refractivity contribution is 0.528. The van der Waals surface area contributed by atoms with Gasteiger partial charge >= 0.3 is 0 Å². The van der Waals surface area contributed by atoms with E-state index in [1.54, 1.807) is 23.5 Å². The Morgan fingerprint density at radius 2 is 2.22 bits per heavy atom. The number of rotatable bonds is 4. The van der Waals surface area contributed by atoms with Crippen molar-refractivity contribution >= 4 is 27.3 Å². The first-order valence-corrected chi connectivity index (χ1v) is 7.28. The maximum atomic E-state index is 13.7. The lowest BCUT2D eigenvalue weighted by Crippen LogP contribution is -2.30. The molecule has 0 bridgehead atoms. The number of nitrogens with one attached hydrogen (secondary N) is 1. The monoisotopic (exact) mass is 328 g/mol. The highest BCUT2D eigenvalue weighted by Crippen LogP contribution is 2.26. The van der Waals surface area contributed by atoms with Crippen LogP contribution in [0.5, 0.6) is 0 Å². The van der Waals surface area contributed by atoms with Crippen LogP contribution in [0.3, 0.4) is 0 Å². The quantitative estimate of drug-likeness (QED) is 0.663. The summed E-state index contributed by atoms with van der Waals surface area (Å²) >= 11 is 4.98. The Morgan fingerprint density at radius 1 is 1.44 bits per heavy atom. The first-order valence-electron chi connectivity index (χ1n) is 5.54. The van der Waals surface area contributed by atoms with Crippen molar-refractivity contribution in [2.24, 2.45) is 5.84 Å². The van der Waals surface area contributed by atoms with Crippen molar-refractivity contribution in [2.45, 2.75) is 19.4 Å². The molecule has 1 unspecified atom stereocenters. The third-order valence-corrected chi connectivity index (χ3v) is 4.28.